The van der Waals surface area contributed by atoms with Crippen LogP contribution in [-0.2, 0) is 4.79 Å². The summed E-state index contributed by atoms with van der Waals surface area (Å²) in [4.78, 5) is 12.4. The molecule has 0 aromatic carbocycles. The molecule has 0 aliphatic rings. The van der Waals surface area contributed by atoms with Crippen LogP contribution in [0.2, 0.25) is 0 Å². The zero-order valence-corrected chi connectivity index (χ0v) is 11.9. The van der Waals surface area contributed by atoms with Crippen LogP contribution in [0.3, 0.4) is 0 Å². The van der Waals surface area contributed by atoms with E-state index in [0.717, 1.165) is 0 Å². The first kappa shape index (κ1) is 15.4. The number of carbonyl (C=O) groups is 1. The first-order valence-corrected chi connectivity index (χ1v) is 5.79. The van der Waals surface area contributed by atoms with Crippen molar-refractivity contribution in [2.75, 3.05) is 0 Å². The van der Waals surface area contributed by atoms with Crippen LogP contribution in [0.5, 0.6) is 0 Å². The van der Waals surface area contributed by atoms with Gasteiger partial charge in [0, 0.05) is 0 Å². The topological polar surface area (TPSA) is 37.3 Å². The van der Waals surface area contributed by atoms with Gasteiger partial charge in [-0.25, -0.2) is 0 Å². The lowest BCUT2D eigenvalue weighted by Crippen LogP contribution is -2.49. The lowest BCUT2D eigenvalue weighted by molar-refractivity contribution is -0.143. The van der Waals surface area contributed by atoms with Gasteiger partial charge in [0.15, 0.2) is 5.78 Å². The number of ketones is 1. The smallest absolute Gasteiger partial charge is 0.190 e. The Kier molecular flexibility index (Phi) is 4.15. The van der Waals surface area contributed by atoms with E-state index in [4.69, 9.17) is 0 Å². The van der Waals surface area contributed by atoms with Gasteiger partial charge in [0.05, 0.1) is 0 Å². The van der Waals surface area contributed by atoms with Crippen molar-refractivity contribution in [1.29, 1.82) is 0 Å². The Balaban J connectivity index is 5.39. The standard InChI is InChI=1S/C14H26O2/c1-9-10(12(2,3)4)11(15)14(8,16)13(5,6)7/h9,16H,1-8H3/b10-9-. The molecule has 0 fully saturated rings. The molecule has 0 saturated carbocycles. The molecule has 0 aromatic heterocycles. The third kappa shape index (κ3) is 2.94. The van der Waals surface area contributed by atoms with Gasteiger partial charge in [-0.3, -0.25) is 4.79 Å². The third-order valence-corrected chi connectivity index (χ3v) is 3.24. The molecule has 0 heterocycles. The van der Waals surface area contributed by atoms with Crippen LogP contribution in [0.25, 0.3) is 0 Å². The van der Waals surface area contributed by atoms with Crippen molar-refractivity contribution in [2.24, 2.45) is 10.8 Å². The summed E-state index contributed by atoms with van der Waals surface area (Å²) in [5, 5.41) is 10.4. The summed E-state index contributed by atoms with van der Waals surface area (Å²) in [5.74, 6) is -0.171. The molecule has 0 aliphatic heterocycles. The lowest BCUT2D eigenvalue weighted by atomic mass is 9.69. The monoisotopic (exact) mass is 226 g/mol. The minimum Gasteiger partial charge on any atom is -0.381 e. The molecule has 94 valence electrons. The molecule has 0 aliphatic carbocycles. The Morgan fingerprint density at radius 2 is 1.38 bits per heavy atom. The number of hydrogen-bond donors (Lipinski definition) is 1. The van der Waals surface area contributed by atoms with Crippen LogP contribution in [0, 0.1) is 10.8 Å². The minimum atomic E-state index is -1.33. The normalized spacial score (nSPS) is 18.2. The molecular weight excluding hydrogens is 200 g/mol. The molecule has 16 heavy (non-hydrogen) atoms. The fourth-order valence-corrected chi connectivity index (χ4v) is 1.51. The van der Waals surface area contributed by atoms with E-state index in [-0.39, 0.29) is 11.2 Å². The molecule has 1 atom stereocenters. The first-order chi connectivity index (χ1) is 6.85. The molecule has 0 radical (unpaired) electrons. The highest BCUT2D eigenvalue weighted by atomic mass is 16.3. The number of rotatable bonds is 2. The largest absolute Gasteiger partial charge is 0.381 e. The molecular formula is C14H26O2. The van der Waals surface area contributed by atoms with Gasteiger partial charge in [0.2, 0.25) is 0 Å². The quantitative estimate of drug-likeness (QED) is 0.733. The van der Waals surface area contributed by atoms with Gasteiger partial charge < -0.3 is 5.11 Å². The predicted octanol–water partition coefficient (Wildman–Crippen LogP) is 3.35. The summed E-state index contributed by atoms with van der Waals surface area (Å²) in [7, 11) is 0. The molecule has 2 nitrogen and oxygen atoms in total. The highest BCUT2D eigenvalue weighted by molar-refractivity contribution is 6.02. The summed E-state index contributed by atoms with van der Waals surface area (Å²) in [6, 6.07) is 0. The Morgan fingerprint density at radius 3 is 1.56 bits per heavy atom. The van der Waals surface area contributed by atoms with Crippen molar-refractivity contribution in [3.8, 4) is 0 Å². The van der Waals surface area contributed by atoms with E-state index in [1.807, 2.05) is 54.5 Å². The van der Waals surface area contributed by atoms with E-state index in [2.05, 4.69) is 0 Å². The maximum atomic E-state index is 12.4. The number of aliphatic hydroxyl groups is 1. The highest BCUT2D eigenvalue weighted by Crippen LogP contribution is 2.37. The van der Waals surface area contributed by atoms with Crippen molar-refractivity contribution >= 4 is 5.78 Å². The van der Waals surface area contributed by atoms with Crippen LogP contribution in [0.4, 0.5) is 0 Å². The highest BCUT2D eigenvalue weighted by Gasteiger charge is 2.45. The van der Waals surface area contributed by atoms with E-state index in [9.17, 15) is 9.90 Å². The molecule has 0 rings (SSSR count). The van der Waals surface area contributed by atoms with Crippen LogP contribution in [0.15, 0.2) is 11.6 Å². The molecule has 0 aromatic rings. The minimum absolute atomic E-state index is 0.171. The Bertz CT molecular complexity index is 296. The van der Waals surface area contributed by atoms with Gasteiger partial charge in [-0.15, -0.1) is 0 Å². The molecule has 0 spiro atoms. The predicted molar refractivity (Wildman–Crippen MR) is 68.3 cm³/mol. The number of Topliss-reactive ketones (excluding diaryl/α,β-unsaturated/α-hetero) is 1. The summed E-state index contributed by atoms with van der Waals surface area (Å²) in [5.41, 5.74) is -1.35. The van der Waals surface area contributed by atoms with Gasteiger partial charge in [0.1, 0.15) is 5.60 Å². The summed E-state index contributed by atoms with van der Waals surface area (Å²) in [6.45, 7) is 15.0. The lowest BCUT2D eigenvalue weighted by Gasteiger charge is -2.38. The molecule has 1 unspecified atom stereocenters. The SMILES string of the molecule is C/C=C(/C(=O)C(C)(O)C(C)(C)C)C(C)(C)C. The van der Waals surface area contributed by atoms with Crippen LogP contribution in [0.1, 0.15) is 55.4 Å². The molecule has 1 N–H and O–H groups in total. The first-order valence-electron chi connectivity index (χ1n) is 5.79. The molecule has 2 heteroatoms. The van der Waals surface area contributed by atoms with Crippen molar-refractivity contribution in [1.82, 2.24) is 0 Å². The Labute approximate surface area is 99.7 Å². The average molecular weight is 226 g/mol. The summed E-state index contributed by atoms with van der Waals surface area (Å²) < 4.78 is 0. The van der Waals surface area contributed by atoms with E-state index >= 15 is 0 Å². The van der Waals surface area contributed by atoms with E-state index < -0.39 is 11.0 Å². The van der Waals surface area contributed by atoms with Gasteiger partial charge >= 0.3 is 0 Å². The fraction of sp³-hybridized carbons (Fsp3) is 0.786. The van der Waals surface area contributed by atoms with Crippen molar-refractivity contribution < 1.29 is 9.90 Å². The van der Waals surface area contributed by atoms with Crippen LogP contribution < -0.4 is 0 Å². The number of carbonyl (C=O) groups excluding carboxylic acids is 1. The fourth-order valence-electron chi connectivity index (χ4n) is 1.51. The molecule has 0 saturated heterocycles. The van der Waals surface area contributed by atoms with E-state index in [0.29, 0.717) is 5.57 Å². The maximum Gasteiger partial charge on any atom is 0.190 e. The maximum absolute atomic E-state index is 12.4. The van der Waals surface area contributed by atoms with E-state index in [1.165, 1.54) is 0 Å². The van der Waals surface area contributed by atoms with Crippen molar-refractivity contribution in [2.45, 2.75) is 61.0 Å². The van der Waals surface area contributed by atoms with Gasteiger partial charge in [-0.1, -0.05) is 47.6 Å². The summed E-state index contributed by atoms with van der Waals surface area (Å²) >= 11 is 0. The van der Waals surface area contributed by atoms with Crippen LogP contribution in [-0.4, -0.2) is 16.5 Å². The third-order valence-electron chi connectivity index (χ3n) is 3.24. The second kappa shape index (κ2) is 4.33. The number of allylic oxidation sites excluding steroid dienone is 1. The van der Waals surface area contributed by atoms with Crippen molar-refractivity contribution in [3.63, 3.8) is 0 Å². The number of hydrogen-bond acceptors (Lipinski definition) is 2. The van der Waals surface area contributed by atoms with Gasteiger partial charge in [0.25, 0.3) is 0 Å². The zero-order valence-electron chi connectivity index (χ0n) is 11.9. The summed E-state index contributed by atoms with van der Waals surface area (Å²) in [6.07, 6.45) is 1.81. The molecule has 0 amide bonds. The Hall–Kier alpha value is -0.630. The second-order valence-corrected chi connectivity index (χ2v) is 6.60. The van der Waals surface area contributed by atoms with Crippen LogP contribution >= 0.6 is 0 Å². The second-order valence-electron chi connectivity index (χ2n) is 6.60. The van der Waals surface area contributed by atoms with E-state index in [1.54, 1.807) is 6.92 Å². The average Bonchev–Trinajstić information content (AvgIpc) is 2.00. The Morgan fingerprint density at radius 1 is 1.00 bits per heavy atom. The van der Waals surface area contributed by atoms with Crippen molar-refractivity contribution in [3.05, 3.63) is 11.6 Å². The molecule has 0 bridgehead atoms. The van der Waals surface area contributed by atoms with Gasteiger partial charge in [-0.2, -0.15) is 0 Å². The van der Waals surface area contributed by atoms with Gasteiger partial charge in [-0.05, 0) is 30.3 Å². The zero-order chi connectivity index (χ0) is 13.4.